The number of hydrogen-bond donors (Lipinski definition) is 1. The van der Waals surface area contributed by atoms with Gasteiger partial charge in [0.2, 0.25) is 21.8 Å². The van der Waals surface area contributed by atoms with Crippen LogP contribution in [0.15, 0.2) is 52.6 Å². The first-order valence-corrected chi connectivity index (χ1v) is 23.1. The number of carbonyl (C=O) groups is 3. The average Bonchev–Trinajstić information content (AvgIpc) is 3.79. The number of benzene rings is 1. The van der Waals surface area contributed by atoms with Crippen molar-refractivity contribution in [3.8, 4) is 22.2 Å². The summed E-state index contributed by atoms with van der Waals surface area (Å²) in [5, 5.41) is 3.54. The molecular weight excluding hydrogens is 791 g/mol. The van der Waals surface area contributed by atoms with Gasteiger partial charge in [0.1, 0.15) is 34.6 Å². The van der Waals surface area contributed by atoms with E-state index in [4.69, 9.17) is 23.9 Å². The first kappa shape index (κ1) is 41.1. The second kappa shape index (κ2) is 16.1. The van der Waals surface area contributed by atoms with Crippen molar-refractivity contribution in [2.24, 2.45) is 17.3 Å². The molecule has 314 valence electrons. The Bertz CT molecular complexity index is 2390. The molecule has 2 aliphatic carbocycles. The first-order valence-electron chi connectivity index (χ1n) is 20.8. The molecule has 15 heteroatoms. The molecule has 0 bridgehead atoms. The number of fused-ring (bicyclic) bond motifs is 3. The number of allylic oxidation sites excluding steroid dienone is 2. The maximum Gasteiger partial charge on any atom is 0.240 e. The minimum Gasteiger partial charge on any atom is -0.496 e. The molecule has 8 rings (SSSR count). The number of rotatable bonds is 10. The van der Waals surface area contributed by atoms with Gasteiger partial charge in [0.05, 0.1) is 47.3 Å². The lowest BCUT2D eigenvalue weighted by Crippen LogP contribution is -2.47. The fraction of sp³-hybridized carbons (Fsp3) is 0.545. The van der Waals surface area contributed by atoms with E-state index in [0.717, 1.165) is 47.3 Å². The van der Waals surface area contributed by atoms with E-state index in [0.29, 0.717) is 54.3 Å². The van der Waals surface area contributed by atoms with Crippen LogP contribution in [0.25, 0.3) is 21.6 Å². The van der Waals surface area contributed by atoms with Crippen LogP contribution >= 0.6 is 11.3 Å². The molecule has 5 atom stereocenters. The van der Waals surface area contributed by atoms with E-state index in [2.05, 4.69) is 23.6 Å². The number of hydrogen-bond acceptors (Lipinski definition) is 12. The summed E-state index contributed by atoms with van der Waals surface area (Å²) in [6.07, 6.45) is 12.0. The van der Waals surface area contributed by atoms with Gasteiger partial charge in [-0.2, -0.15) is 0 Å². The highest BCUT2D eigenvalue weighted by Crippen LogP contribution is 2.57. The van der Waals surface area contributed by atoms with E-state index in [-0.39, 0.29) is 49.3 Å². The molecule has 2 saturated carbocycles. The Hall–Kier alpha value is -4.63. The lowest BCUT2D eigenvalue weighted by Gasteiger charge is -2.29. The minimum atomic E-state index is -3.94. The number of ether oxygens (including phenoxy) is 2. The summed E-state index contributed by atoms with van der Waals surface area (Å²) >= 11 is 1.51. The standard InChI is InChI=1S/C44H53N5O8S2/c1-26(2)33-25-58-40(47-33)32-21-37(31-13-14-36(55-5)27(3)39(31)46-32)57-30-20-34-35(50)23-44(42(52)48-59(53,54)43(4)15-16-43)22-29(44)12-10-8-6-7-9-11-28(41(51)49(34)24-30)19-38-45-17-18-56-38/h10,12-14,17-18,21,25-26,28-30,34H,6-9,11,15-16,19-20,22-24H2,1-5H3,(H,48,52)/b12-10-/t28-,29-,30-,34+,44-/m1/s1. The van der Waals surface area contributed by atoms with E-state index in [9.17, 15) is 22.8 Å². The molecular formula is C44H53N5O8S2. The number of ketones is 1. The first-order chi connectivity index (χ1) is 28.2. The zero-order valence-corrected chi connectivity index (χ0v) is 36.0. The zero-order valence-electron chi connectivity index (χ0n) is 34.4. The van der Waals surface area contributed by atoms with Crippen molar-refractivity contribution in [2.75, 3.05) is 13.7 Å². The SMILES string of the molecule is COc1ccc2c(O[C@@H]3C[C@H]4C(=O)C[C@]5(C(=O)NS(=O)(=O)C6(C)CC6)C[C@H]5/C=C\CCCCC[C@H](Cc5ncco5)C(=O)N4C3)cc(-c3nc(C(C)C)cs3)nc2c1C. The number of methoxy groups -OCH3 is 1. The highest BCUT2D eigenvalue weighted by atomic mass is 32.2. The molecule has 0 radical (unpaired) electrons. The lowest BCUT2D eigenvalue weighted by atomic mass is 9.90. The molecule has 2 aliphatic heterocycles. The topological polar surface area (TPSA) is 171 Å². The van der Waals surface area contributed by atoms with Gasteiger partial charge < -0.3 is 18.8 Å². The number of aryl methyl sites for hydroxylation is 1. The largest absolute Gasteiger partial charge is 0.496 e. The molecule has 1 N–H and O–H groups in total. The second-order valence-electron chi connectivity index (χ2n) is 17.4. The molecule has 1 aromatic carbocycles. The van der Waals surface area contributed by atoms with E-state index in [1.165, 1.54) is 17.6 Å². The Morgan fingerprint density at radius 1 is 1.14 bits per heavy atom. The molecule has 3 aromatic heterocycles. The molecule has 3 fully saturated rings. The maximum absolute atomic E-state index is 14.8. The predicted molar refractivity (Wildman–Crippen MR) is 224 cm³/mol. The van der Waals surface area contributed by atoms with Crippen LogP contribution in [0.1, 0.15) is 108 Å². The smallest absolute Gasteiger partial charge is 0.240 e. The number of thiazole rings is 1. The number of oxazole rings is 1. The monoisotopic (exact) mass is 843 g/mol. The maximum atomic E-state index is 14.8. The third-order valence-electron chi connectivity index (χ3n) is 12.9. The number of sulfonamides is 1. The lowest BCUT2D eigenvalue weighted by molar-refractivity contribution is -0.142. The predicted octanol–water partition coefficient (Wildman–Crippen LogP) is 7.48. The third kappa shape index (κ3) is 8.16. The van der Waals surface area contributed by atoms with Crippen molar-refractivity contribution in [3.05, 3.63) is 65.3 Å². The number of nitrogens with one attached hydrogen (secondary N) is 1. The van der Waals surface area contributed by atoms with Gasteiger partial charge in [-0.1, -0.05) is 38.8 Å². The van der Waals surface area contributed by atoms with Crippen LogP contribution in [0.5, 0.6) is 11.5 Å². The highest BCUT2D eigenvalue weighted by molar-refractivity contribution is 7.91. The number of Topliss-reactive ketones (excluding diaryl/α,β-unsaturated/α-hetero) is 1. The van der Waals surface area contributed by atoms with Crippen LogP contribution in [0.4, 0.5) is 0 Å². The zero-order chi connectivity index (χ0) is 41.7. The molecule has 0 unspecified atom stereocenters. The Morgan fingerprint density at radius 2 is 1.95 bits per heavy atom. The van der Waals surface area contributed by atoms with Gasteiger partial charge in [-0.3, -0.25) is 19.1 Å². The summed E-state index contributed by atoms with van der Waals surface area (Å²) in [6, 6.07) is 4.76. The van der Waals surface area contributed by atoms with E-state index in [1.807, 2.05) is 42.7 Å². The van der Waals surface area contributed by atoms with Gasteiger partial charge in [0, 0.05) is 47.6 Å². The summed E-state index contributed by atoms with van der Waals surface area (Å²) in [7, 11) is -2.32. The molecule has 0 spiro atoms. The van der Waals surface area contributed by atoms with E-state index in [1.54, 1.807) is 25.1 Å². The molecule has 4 aromatic rings. The molecule has 1 saturated heterocycles. The summed E-state index contributed by atoms with van der Waals surface area (Å²) in [4.78, 5) is 59.5. The van der Waals surface area contributed by atoms with Gasteiger partial charge >= 0.3 is 0 Å². The van der Waals surface area contributed by atoms with Gasteiger partial charge in [0.15, 0.2) is 11.7 Å². The molecule has 4 aliphatic rings. The Labute approximate surface area is 349 Å². The quantitative estimate of drug-likeness (QED) is 0.157. The van der Waals surface area contributed by atoms with Crippen molar-refractivity contribution in [3.63, 3.8) is 0 Å². The van der Waals surface area contributed by atoms with Crippen LogP contribution in [0.3, 0.4) is 0 Å². The fourth-order valence-corrected chi connectivity index (χ4v) is 10.9. The Kier molecular flexibility index (Phi) is 11.2. The normalized spacial score (nSPS) is 26.4. The Morgan fingerprint density at radius 3 is 2.66 bits per heavy atom. The van der Waals surface area contributed by atoms with Gasteiger partial charge in [-0.05, 0) is 76.3 Å². The Balaban J connectivity index is 1.15. The molecule has 2 amide bonds. The van der Waals surface area contributed by atoms with Crippen molar-refractivity contribution >= 4 is 49.9 Å². The minimum absolute atomic E-state index is 0.135. The number of pyridine rings is 1. The summed E-state index contributed by atoms with van der Waals surface area (Å²) in [6.45, 7) is 7.90. The van der Waals surface area contributed by atoms with E-state index < -0.39 is 44.2 Å². The van der Waals surface area contributed by atoms with Crippen molar-refractivity contribution in [1.29, 1.82) is 0 Å². The third-order valence-corrected chi connectivity index (χ3v) is 15.9. The fourth-order valence-electron chi connectivity index (χ4n) is 8.64. The average molecular weight is 844 g/mol. The van der Waals surface area contributed by atoms with Crippen LogP contribution in [0, 0.1) is 24.2 Å². The second-order valence-corrected chi connectivity index (χ2v) is 20.5. The number of aromatic nitrogens is 3. The molecule has 59 heavy (non-hydrogen) atoms. The van der Waals surface area contributed by atoms with Crippen LogP contribution in [-0.2, 0) is 30.8 Å². The number of carbonyl (C=O) groups excluding carboxylic acids is 3. The number of amides is 2. The number of nitrogens with zero attached hydrogens (tertiary/aromatic N) is 4. The molecule has 13 nitrogen and oxygen atoms in total. The van der Waals surface area contributed by atoms with E-state index >= 15 is 0 Å². The van der Waals surface area contributed by atoms with Crippen LogP contribution in [0.2, 0.25) is 0 Å². The van der Waals surface area contributed by atoms with Gasteiger partial charge in [-0.25, -0.2) is 23.4 Å². The summed E-state index contributed by atoms with van der Waals surface area (Å²) in [5.74, 6) is -0.00880. The van der Waals surface area contributed by atoms with Crippen molar-refractivity contribution in [2.45, 2.75) is 121 Å². The van der Waals surface area contributed by atoms with Crippen molar-refractivity contribution in [1.82, 2.24) is 24.6 Å². The van der Waals surface area contributed by atoms with Gasteiger partial charge in [-0.15, -0.1) is 11.3 Å². The van der Waals surface area contributed by atoms with Crippen LogP contribution < -0.4 is 14.2 Å². The molecule has 5 heterocycles. The summed E-state index contributed by atoms with van der Waals surface area (Å²) < 4.78 is 46.1. The summed E-state index contributed by atoms with van der Waals surface area (Å²) in [5.41, 5.74) is 1.91. The highest BCUT2D eigenvalue weighted by Gasteiger charge is 2.62. The van der Waals surface area contributed by atoms with Crippen molar-refractivity contribution < 1.29 is 36.7 Å². The van der Waals surface area contributed by atoms with Crippen LogP contribution in [-0.4, -0.2) is 76.4 Å². The van der Waals surface area contributed by atoms with Gasteiger partial charge in [0.25, 0.3) is 0 Å².